The lowest BCUT2D eigenvalue weighted by Gasteiger charge is -2.35. The van der Waals surface area contributed by atoms with E-state index in [-0.39, 0.29) is 0 Å². The lowest BCUT2D eigenvalue weighted by atomic mass is 10.1. The van der Waals surface area contributed by atoms with Crippen LogP contribution in [0.3, 0.4) is 0 Å². The van der Waals surface area contributed by atoms with Crippen LogP contribution in [0.4, 0.5) is 0 Å². The number of piperazine rings is 1. The van der Waals surface area contributed by atoms with Gasteiger partial charge in [0.15, 0.2) is 0 Å². The third-order valence-corrected chi connectivity index (χ3v) is 4.11. The van der Waals surface area contributed by atoms with E-state index in [1.165, 1.54) is 45.7 Å². The van der Waals surface area contributed by atoms with Gasteiger partial charge in [-0.05, 0) is 18.9 Å². The highest BCUT2D eigenvalue weighted by atomic mass is 15.3. The summed E-state index contributed by atoms with van der Waals surface area (Å²) in [4.78, 5) is 7.56. The Morgan fingerprint density at radius 1 is 0.850 bits per heavy atom. The lowest BCUT2D eigenvalue weighted by Crippen LogP contribution is -2.49. The number of rotatable bonds is 10. The summed E-state index contributed by atoms with van der Waals surface area (Å²) in [6, 6.07) is 0. The Morgan fingerprint density at radius 2 is 1.45 bits per heavy atom. The molecule has 5 nitrogen and oxygen atoms in total. The predicted octanol–water partition coefficient (Wildman–Crippen LogP) is -0.130. The van der Waals surface area contributed by atoms with Crippen LogP contribution >= 0.6 is 0 Å². The Morgan fingerprint density at radius 3 is 1.95 bits per heavy atom. The summed E-state index contributed by atoms with van der Waals surface area (Å²) in [5, 5.41) is 0. The van der Waals surface area contributed by atoms with Crippen LogP contribution in [-0.4, -0.2) is 86.7 Å². The van der Waals surface area contributed by atoms with Crippen LogP contribution in [0.5, 0.6) is 0 Å². The maximum Gasteiger partial charge on any atom is 0.0110 e. The zero-order chi connectivity index (χ0) is 14.8. The first-order valence-corrected chi connectivity index (χ1v) is 8.23. The first kappa shape index (κ1) is 17.9. The van der Waals surface area contributed by atoms with Gasteiger partial charge >= 0.3 is 0 Å². The van der Waals surface area contributed by atoms with E-state index in [4.69, 9.17) is 11.5 Å². The van der Waals surface area contributed by atoms with Crippen molar-refractivity contribution in [2.45, 2.75) is 20.3 Å². The van der Waals surface area contributed by atoms with Crippen molar-refractivity contribution in [1.82, 2.24) is 14.7 Å². The molecule has 1 aliphatic rings. The Balaban J connectivity index is 2.19. The maximum atomic E-state index is 5.72. The average molecular weight is 285 g/mol. The number of nitrogens with two attached hydrogens (primary N) is 2. The predicted molar refractivity (Wildman–Crippen MR) is 86.9 cm³/mol. The Kier molecular flexibility index (Phi) is 9.39. The van der Waals surface area contributed by atoms with Crippen molar-refractivity contribution in [2.75, 3.05) is 72.0 Å². The largest absolute Gasteiger partial charge is 0.329 e. The van der Waals surface area contributed by atoms with Gasteiger partial charge in [-0.15, -0.1) is 0 Å². The van der Waals surface area contributed by atoms with Crippen molar-refractivity contribution < 1.29 is 0 Å². The van der Waals surface area contributed by atoms with E-state index in [0.29, 0.717) is 0 Å². The van der Waals surface area contributed by atoms with Crippen molar-refractivity contribution in [2.24, 2.45) is 17.4 Å². The maximum absolute atomic E-state index is 5.72. The minimum absolute atomic E-state index is 0.766. The molecule has 120 valence electrons. The summed E-state index contributed by atoms with van der Waals surface area (Å²) in [6.45, 7) is 16.4. The van der Waals surface area contributed by atoms with Gasteiger partial charge in [0.1, 0.15) is 0 Å². The normalized spacial score (nSPS) is 18.3. The number of hydrogen-bond donors (Lipinski definition) is 2. The molecule has 20 heavy (non-hydrogen) atoms. The zero-order valence-electron chi connectivity index (χ0n) is 13.6. The fourth-order valence-corrected chi connectivity index (χ4v) is 2.66. The minimum atomic E-state index is 0.766. The van der Waals surface area contributed by atoms with Crippen LogP contribution in [0, 0.1) is 5.92 Å². The number of nitrogens with zero attached hydrogens (tertiary/aromatic N) is 3. The summed E-state index contributed by atoms with van der Waals surface area (Å²) >= 11 is 0. The standard InChI is InChI=1S/C15H35N5/c1-15(2)3-6-18(7-4-16)9-12-20-13-10-19(8-5-17)11-14-20/h15H,3-14,16-17H2,1-2H3. The van der Waals surface area contributed by atoms with Gasteiger partial charge in [0.2, 0.25) is 0 Å². The third kappa shape index (κ3) is 7.55. The van der Waals surface area contributed by atoms with E-state index in [1.807, 2.05) is 0 Å². The molecule has 0 saturated carbocycles. The van der Waals surface area contributed by atoms with Crippen molar-refractivity contribution in [3.63, 3.8) is 0 Å². The first-order chi connectivity index (χ1) is 9.65. The first-order valence-electron chi connectivity index (χ1n) is 8.23. The molecule has 0 aromatic carbocycles. The molecule has 1 rings (SSSR count). The van der Waals surface area contributed by atoms with Gasteiger partial charge in [0, 0.05) is 65.4 Å². The van der Waals surface area contributed by atoms with Crippen LogP contribution in [0.25, 0.3) is 0 Å². The van der Waals surface area contributed by atoms with E-state index in [9.17, 15) is 0 Å². The Bertz CT molecular complexity index is 226. The molecule has 1 fully saturated rings. The van der Waals surface area contributed by atoms with E-state index >= 15 is 0 Å². The molecular formula is C15H35N5. The lowest BCUT2D eigenvalue weighted by molar-refractivity contribution is 0.120. The van der Waals surface area contributed by atoms with E-state index in [2.05, 4.69) is 28.5 Å². The second-order valence-corrected chi connectivity index (χ2v) is 6.28. The SMILES string of the molecule is CC(C)CCN(CCN)CCN1CCN(CCN)CC1. The third-order valence-electron chi connectivity index (χ3n) is 4.11. The van der Waals surface area contributed by atoms with Crippen LogP contribution < -0.4 is 11.5 Å². The molecule has 0 aromatic heterocycles. The van der Waals surface area contributed by atoms with Gasteiger partial charge in [-0.2, -0.15) is 0 Å². The molecule has 0 unspecified atom stereocenters. The van der Waals surface area contributed by atoms with Crippen LogP contribution in [-0.2, 0) is 0 Å². The highest BCUT2D eigenvalue weighted by Crippen LogP contribution is 2.04. The molecule has 1 saturated heterocycles. The molecule has 1 heterocycles. The average Bonchev–Trinajstić information content (AvgIpc) is 2.44. The van der Waals surface area contributed by atoms with Gasteiger partial charge in [-0.3, -0.25) is 9.80 Å². The molecule has 0 aromatic rings. The monoisotopic (exact) mass is 285 g/mol. The van der Waals surface area contributed by atoms with E-state index in [0.717, 1.165) is 38.6 Å². The highest BCUT2D eigenvalue weighted by Gasteiger charge is 2.16. The zero-order valence-corrected chi connectivity index (χ0v) is 13.6. The van der Waals surface area contributed by atoms with Gasteiger partial charge in [0.25, 0.3) is 0 Å². The fraction of sp³-hybridized carbons (Fsp3) is 1.00. The van der Waals surface area contributed by atoms with Gasteiger partial charge in [0.05, 0.1) is 0 Å². The molecule has 0 radical (unpaired) electrons. The van der Waals surface area contributed by atoms with Crippen LogP contribution in [0.1, 0.15) is 20.3 Å². The van der Waals surface area contributed by atoms with Crippen LogP contribution in [0.15, 0.2) is 0 Å². The Labute approximate surface area is 125 Å². The van der Waals surface area contributed by atoms with Crippen molar-refractivity contribution in [3.8, 4) is 0 Å². The van der Waals surface area contributed by atoms with Crippen molar-refractivity contribution >= 4 is 0 Å². The molecule has 0 bridgehead atoms. The Hall–Kier alpha value is -0.200. The summed E-state index contributed by atoms with van der Waals surface area (Å²) in [6.07, 6.45) is 1.27. The van der Waals surface area contributed by atoms with E-state index in [1.54, 1.807) is 0 Å². The van der Waals surface area contributed by atoms with Crippen LogP contribution in [0.2, 0.25) is 0 Å². The number of hydrogen-bond acceptors (Lipinski definition) is 5. The quantitative estimate of drug-likeness (QED) is 0.585. The molecule has 1 aliphatic heterocycles. The van der Waals surface area contributed by atoms with Crippen molar-refractivity contribution in [3.05, 3.63) is 0 Å². The minimum Gasteiger partial charge on any atom is -0.329 e. The molecule has 0 spiro atoms. The molecule has 4 N–H and O–H groups in total. The second kappa shape index (κ2) is 10.5. The topological polar surface area (TPSA) is 61.8 Å². The summed E-state index contributed by atoms with van der Waals surface area (Å²) in [5.41, 5.74) is 11.3. The summed E-state index contributed by atoms with van der Waals surface area (Å²) < 4.78 is 0. The highest BCUT2D eigenvalue weighted by molar-refractivity contribution is 4.73. The van der Waals surface area contributed by atoms with Gasteiger partial charge in [-0.1, -0.05) is 13.8 Å². The molecule has 0 amide bonds. The molecule has 0 aliphatic carbocycles. The van der Waals surface area contributed by atoms with E-state index < -0.39 is 0 Å². The fourth-order valence-electron chi connectivity index (χ4n) is 2.66. The van der Waals surface area contributed by atoms with Crippen molar-refractivity contribution in [1.29, 1.82) is 0 Å². The molecule has 0 atom stereocenters. The molecular weight excluding hydrogens is 250 g/mol. The summed E-state index contributed by atoms with van der Waals surface area (Å²) in [7, 11) is 0. The van der Waals surface area contributed by atoms with Gasteiger partial charge in [-0.25, -0.2) is 0 Å². The smallest absolute Gasteiger partial charge is 0.0110 e. The second-order valence-electron chi connectivity index (χ2n) is 6.28. The van der Waals surface area contributed by atoms with Gasteiger partial charge < -0.3 is 16.4 Å². The summed E-state index contributed by atoms with van der Waals surface area (Å²) in [5.74, 6) is 0.773. The molecule has 5 heteroatoms.